The Kier molecular flexibility index (Phi) is 4.70. The van der Waals surface area contributed by atoms with Gasteiger partial charge in [0, 0.05) is 24.5 Å². The molecule has 1 atom stereocenters. The van der Waals surface area contributed by atoms with Crippen LogP contribution in [0.25, 0.3) is 5.82 Å². The van der Waals surface area contributed by atoms with E-state index >= 15 is 0 Å². The van der Waals surface area contributed by atoms with Crippen molar-refractivity contribution in [3.63, 3.8) is 0 Å². The molecule has 0 saturated heterocycles. The average Bonchev–Trinajstić information content (AvgIpc) is 2.92. The zero-order valence-electron chi connectivity index (χ0n) is 11.7. The van der Waals surface area contributed by atoms with Crippen LogP contribution >= 0.6 is 0 Å². The van der Waals surface area contributed by atoms with Gasteiger partial charge in [0.2, 0.25) is 5.95 Å². The lowest BCUT2D eigenvalue weighted by Crippen LogP contribution is -2.17. The maximum Gasteiger partial charge on any atom is 0.224 e. The van der Waals surface area contributed by atoms with Gasteiger partial charge in [-0.2, -0.15) is 15.1 Å². The smallest absolute Gasteiger partial charge is 0.224 e. The van der Waals surface area contributed by atoms with E-state index in [1.165, 1.54) is 0 Å². The molecule has 2 aromatic heterocycles. The molecule has 0 aliphatic heterocycles. The van der Waals surface area contributed by atoms with Gasteiger partial charge in [0.25, 0.3) is 0 Å². The van der Waals surface area contributed by atoms with E-state index < -0.39 is 0 Å². The van der Waals surface area contributed by atoms with Crippen LogP contribution in [0.3, 0.4) is 0 Å². The summed E-state index contributed by atoms with van der Waals surface area (Å²) in [7, 11) is 0. The molecule has 0 amide bonds. The molecule has 106 valence electrons. The van der Waals surface area contributed by atoms with Crippen molar-refractivity contribution < 1.29 is 0 Å². The van der Waals surface area contributed by atoms with Crippen molar-refractivity contribution in [2.75, 3.05) is 11.1 Å². The van der Waals surface area contributed by atoms with Gasteiger partial charge in [-0.3, -0.25) is 0 Å². The fourth-order valence-corrected chi connectivity index (χ4v) is 1.94. The molecule has 0 spiro atoms. The number of allylic oxidation sites excluding steroid dienone is 1. The van der Waals surface area contributed by atoms with Crippen LogP contribution in [0.5, 0.6) is 0 Å². The Bertz CT molecular complexity index is 549. The third-order valence-electron chi connectivity index (χ3n) is 2.91. The van der Waals surface area contributed by atoms with Gasteiger partial charge >= 0.3 is 0 Å². The molecule has 0 aromatic carbocycles. The van der Waals surface area contributed by atoms with Crippen LogP contribution in [-0.2, 0) is 0 Å². The second-order valence-corrected chi connectivity index (χ2v) is 4.69. The quantitative estimate of drug-likeness (QED) is 0.597. The number of nitrogen functional groups attached to an aromatic ring is 1. The molecule has 0 aliphatic rings. The first-order chi connectivity index (χ1) is 9.69. The number of anilines is 2. The molecule has 2 aromatic rings. The van der Waals surface area contributed by atoms with Crippen molar-refractivity contribution in [2.24, 2.45) is 0 Å². The predicted octanol–water partition coefficient (Wildman–Crippen LogP) is 2.40. The maximum atomic E-state index is 5.75. The molecule has 0 fully saturated rings. The van der Waals surface area contributed by atoms with Crippen LogP contribution < -0.4 is 11.1 Å². The van der Waals surface area contributed by atoms with Gasteiger partial charge < -0.3 is 11.1 Å². The largest absolute Gasteiger partial charge is 0.368 e. The van der Waals surface area contributed by atoms with Gasteiger partial charge in [-0.05, 0) is 32.3 Å². The molecule has 0 radical (unpaired) electrons. The summed E-state index contributed by atoms with van der Waals surface area (Å²) in [6, 6.07) is 3.99. The lowest BCUT2D eigenvalue weighted by atomic mass is 10.1. The van der Waals surface area contributed by atoms with Gasteiger partial charge in [-0.25, -0.2) is 4.68 Å². The van der Waals surface area contributed by atoms with Crippen molar-refractivity contribution in [2.45, 2.75) is 32.2 Å². The minimum Gasteiger partial charge on any atom is -0.368 e. The molecule has 1 unspecified atom stereocenters. The minimum absolute atomic E-state index is 0.235. The summed E-state index contributed by atoms with van der Waals surface area (Å²) in [5.41, 5.74) is 5.75. The van der Waals surface area contributed by atoms with E-state index in [1.807, 2.05) is 24.4 Å². The summed E-state index contributed by atoms with van der Waals surface area (Å²) in [6.07, 6.45) is 8.63. The lowest BCUT2D eigenvalue weighted by Gasteiger charge is -2.14. The van der Waals surface area contributed by atoms with Crippen LogP contribution in [-0.4, -0.2) is 25.8 Å². The number of unbranched alkanes of at least 4 members (excludes halogenated alkanes) is 1. The average molecular weight is 272 g/mol. The summed E-state index contributed by atoms with van der Waals surface area (Å²) in [4.78, 5) is 8.38. The molecule has 2 rings (SSSR count). The van der Waals surface area contributed by atoms with E-state index in [2.05, 4.69) is 33.9 Å². The third kappa shape index (κ3) is 3.81. The van der Waals surface area contributed by atoms with Crippen LogP contribution in [0, 0.1) is 0 Å². The molecular weight excluding hydrogens is 252 g/mol. The fraction of sp³-hybridized carbons (Fsp3) is 0.357. The number of nitrogens with two attached hydrogens (primary N) is 1. The fourth-order valence-electron chi connectivity index (χ4n) is 1.94. The highest BCUT2D eigenvalue weighted by Gasteiger charge is 2.07. The number of aromatic nitrogens is 4. The molecule has 3 N–H and O–H groups in total. The summed E-state index contributed by atoms with van der Waals surface area (Å²) < 4.78 is 1.66. The van der Waals surface area contributed by atoms with Gasteiger partial charge in [-0.1, -0.05) is 6.08 Å². The third-order valence-corrected chi connectivity index (χ3v) is 2.91. The summed E-state index contributed by atoms with van der Waals surface area (Å²) in [6.45, 7) is 5.85. The first kappa shape index (κ1) is 14.0. The van der Waals surface area contributed by atoms with E-state index in [0.29, 0.717) is 17.7 Å². The van der Waals surface area contributed by atoms with Crippen LogP contribution in [0.15, 0.2) is 37.2 Å². The number of nitrogens with one attached hydrogen (secondary N) is 1. The van der Waals surface area contributed by atoms with Crippen molar-refractivity contribution in [1.82, 2.24) is 19.7 Å². The highest BCUT2D eigenvalue weighted by molar-refractivity contribution is 5.45. The first-order valence-electron chi connectivity index (χ1n) is 6.71. The Hall–Kier alpha value is -2.37. The van der Waals surface area contributed by atoms with E-state index in [1.54, 1.807) is 10.9 Å². The highest BCUT2D eigenvalue weighted by Crippen LogP contribution is 2.14. The normalized spacial score (nSPS) is 12.1. The summed E-state index contributed by atoms with van der Waals surface area (Å²) >= 11 is 0. The van der Waals surface area contributed by atoms with Crippen LogP contribution in [0.4, 0.5) is 11.8 Å². The molecule has 0 bridgehead atoms. The molecular formula is C14H20N6. The molecule has 20 heavy (non-hydrogen) atoms. The van der Waals surface area contributed by atoms with Crippen molar-refractivity contribution in [3.05, 3.63) is 37.2 Å². The lowest BCUT2D eigenvalue weighted by molar-refractivity contribution is 0.660. The number of nitrogens with zero attached hydrogens (tertiary/aromatic N) is 4. The van der Waals surface area contributed by atoms with E-state index in [-0.39, 0.29) is 5.95 Å². The second kappa shape index (κ2) is 6.70. The van der Waals surface area contributed by atoms with Crippen LogP contribution in [0.1, 0.15) is 26.2 Å². The molecule has 0 saturated carbocycles. The Balaban J connectivity index is 2.06. The topological polar surface area (TPSA) is 81.7 Å². The molecule has 6 heteroatoms. The van der Waals surface area contributed by atoms with Crippen molar-refractivity contribution >= 4 is 11.8 Å². The van der Waals surface area contributed by atoms with Gasteiger partial charge in [0.1, 0.15) is 5.82 Å². The number of rotatable bonds is 7. The van der Waals surface area contributed by atoms with Crippen LogP contribution in [0.2, 0.25) is 0 Å². The molecule has 6 nitrogen and oxygen atoms in total. The van der Waals surface area contributed by atoms with Gasteiger partial charge in [-0.15, -0.1) is 6.58 Å². The standard InChI is InChI=1S/C14H20N6/c1-3-4-5-7-11(2)17-12-10-13(19-14(15)18-12)20-9-6-8-16-20/h3,6,8-11H,1,4-5,7H2,2H3,(H3,15,17,18,19). The number of hydrogen-bond acceptors (Lipinski definition) is 5. The zero-order chi connectivity index (χ0) is 14.4. The maximum absolute atomic E-state index is 5.75. The Morgan fingerprint density at radius 1 is 1.50 bits per heavy atom. The van der Waals surface area contributed by atoms with Crippen molar-refractivity contribution in [3.8, 4) is 5.82 Å². The second-order valence-electron chi connectivity index (χ2n) is 4.69. The Morgan fingerprint density at radius 3 is 3.05 bits per heavy atom. The zero-order valence-corrected chi connectivity index (χ0v) is 11.7. The predicted molar refractivity (Wildman–Crippen MR) is 80.7 cm³/mol. The van der Waals surface area contributed by atoms with E-state index in [9.17, 15) is 0 Å². The highest BCUT2D eigenvalue weighted by atomic mass is 15.3. The van der Waals surface area contributed by atoms with Gasteiger partial charge in [0.05, 0.1) is 0 Å². The van der Waals surface area contributed by atoms with Crippen molar-refractivity contribution in [1.29, 1.82) is 0 Å². The van der Waals surface area contributed by atoms with E-state index in [0.717, 1.165) is 19.3 Å². The Labute approximate surface area is 118 Å². The van der Waals surface area contributed by atoms with Gasteiger partial charge in [0.15, 0.2) is 5.82 Å². The molecule has 2 heterocycles. The Morgan fingerprint density at radius 2 is 2.35 bits per heavy atom. The van der Waals surface area contributed by atoms with E-state index in [4.69, 9.17) is 5.73 Å². The monoisotopic (exact) mass is 272 g/mol. The number of hydrogen-bond donors (Lipinski definition) is 2. The first-order valence-corrected chi connectivity index (χ1v) is 6.71. The molecule has 0 aliphatic carbocycles. The summed E-state index contributed by atoms with van der Waals surface area (Å²) in [5.74, 6) is 1.61. The summed E-state index contributed by atoms with van der Waals surface area (Å²) in [5, 5.41) is 7.48. The minimum atomic E-state index is 0.235. The SMILES string of the molecule is C=CCCCC(C)Nc1cc(-n2cccn2)nc(N)n1.